The monoisotopic (exact) mass is 215 g/mol. The van der Waals surface area contributed by atoms with Crippen LogP contribution in [0, 0.1) is 0 Å². The van der Waals surface area contributed by atoms with Crippen molar-refractivity contribution >= 4 is 17.7 Å². The number of carbonyl (C=O) groups excluding carboxylic acids is 1. The average molecular weight is 215 g/mol. The SMILES string of the molecule is CN/C(C)=C/C=C(\C)SCC(=O)OC. The molecule has 4 heteroatoms. The van der Waals surface area contributed by atoms with Crippen molar-refractivity contribution in [2.45, 2.75) is 13.8 Å². The summed E-state index contributed by atoms with van der Waals surface area (Å²) in [6.45, 7) is 3.95. The zero-order valence-corrected chi connectivity index (χ0v) is 9.90. The molecule has 0 rings (SSSR count). The number of nitrogens with one attached hydrogen (secondary N) is 1. The summed E-state index contributed by atoms with van der Waals surface area (Å²) in [5.74, 6) is 0.169. The largest absolute Gasteiger partial charge is 0.468 e. The molecule has 1 N–H and O–H groups in total. The molecule has 0 bridgehead atoms. The highest BCUT2D eigenvalue weighted by Crippen LogP contribution is 2.14. The Balaban J connectivity index is 3.95. The van der Waals surface area contributed by atoms with Crippen molar-refractivity contribution in [2.75, 3.05) is 19.9 Å². The second-order valence-electron chi connectivity index (χ2n) is 2.74. The molecular weight excluding hydrogens is 198 g/mol. The van der Waals surface area contributed by atoms with Crippen molar-refractivity contribution in [1.82, 2.24) is 5.32 Å². The average Bonchev–Trinajstić information content (AvgIpc) is 2.22. The van der Waals surface area contributed by atoms with Crippen LogP contribution in [0.25, 0.3) is 0 Å². The second-order valence-corrected chi connectivity index (χ2v) is 3.96. The van der Waals surface area contributed by atoms with Gasteiger partial charge in [-0.15, -0.1) is 11.8 Å². The van der Waals surface area contributed by atoms with Crippen LogP contribution in [-0.2, 0) is 9.53 Å². The third-order valence-electron chi connectivity index (χ3n) is 1.61. The van der Waals surface area contributed by atoms with Crippen molar-refractivity contribution in [3.63, 3.8) is 0 Å². The van der Waals surface area contributed by atoms with E-state index in [1.54, 1.807) is 0 Å². The predicted octanol–water partition coefficient (Wildman–Crippen LogP) is 1.92. The van der Waals surface area contributed by atoms with Gasteiger partial charge in [-0.05, 0) is 24.8 Å². The van der Waals surface area contributed by atoms with Crippen LogP contribution in [0.4, 0.5) is 0 Å². The molecule has 0 amide bonds. The van der Waals surface area contributed by atoms with E-state index in [-0.39, 0.29) is 5.97 Å². The van der Waals surface area contributed by atoms with Crippen molar-refractivity contribution in [2.24, 2.45) is 0 Å². The van der Waals surface area contributed by atoms with Gasteiger partial charge in [-0.1, -0.05) is 6.08 Å². The maximum Gasteiger partial charge on any atom is 0.315 e. The number of hydrogen-bond donors (Lipinski definition) is 1. The third kappa shape index (κ3) is 6.60. The summed E-state index contributed by atoms with van der Waals surface area (Å²) in [6, 6.07) is 0. The predicted molar refractivity (Wildman–Crippen MR) is 61.0 cm³/mol. The number of thioether (sulfide) groups is 1. The lowest BCUT2D eigenvalue weighted by Gasteiger charge is -1.99. The lowest BCUT2D eigenvalue weighted by Crippen LogP contribution is -2.03. The van der Waals surface area contributed by atoms with Gasteiger partial charge in [0.15, 0.2) is 0 Å². The van der Waals surface area contributed by atoms with Gasteiger partial charge in [-0.2, -0.15) is 0 Å². The summed E-state index contributed by atoms with van der Waals surface area (Å²) in [6.07, 6.45) is 3.94. The maximum atomic E-state index is 10.8. The van der Waals surface area contributed by atoms with Crippen LogP contribution < -0.4 is 5.32 Å². The van der Waals surface area contributed by atoms with Crippen molar-refractivity contribution < 1.29 is 9.53 Å². The number of esters is 1. The Morgan fingerprint density at radius 1 is 1.43 bits per heavy atom. The van der Waals surface area contributed by atoms with Gasteiger partial charge in [0.2, 0.25) is 0 Å². The van der Waals surface area contributed by atoms with Crippen LogP contribution >= 0.6 is 11.8 Å². The Hall–Kier alpha value is -0.900. The zero-order chi connectivity index (χ0) is 11.0. The minimum Gasteiger partial charge on any atom is -0.468 e. The van der Waals surface area contributed by atoms with Crippen LogP contribution in [0.3, 0.4) is 0 Å². The highest BCUT2D eigenvalue weighted by molar-refractivity contribution is 8.03. The van der Waals surface area contributed by atoms with Gasteiger partial charge in [0.05, 0.1) is 12.9 Å². The topological polar surface area (TPSA) is 38.3 Å². The van der Waals surface area contributed by atoms with Gasteiger partial charge in [0.25, 0.3) is 0 Å². The molecule has 0 fully saturated rings. The Bertz CT molecular complexity index is 247. The van der Waals surface area contributed by atoms with Crippen molar-refractivity contribution in [3.8, 4) is 0 Å². The molecule has 0 aliphatic heterocycles. The normalized spacial score (nSPS) is 12.6. The van der Waals surface area contributed by atoms with E-state index in [1.807, 2.05) is 33.0 Å². The van der Waals surface area contributed by atoms with Crippen LogP contribution in [0.15, 0.2) is 22.8 Å². The molecule has 0 aliphatic carbocycles. The number of allylic oxidation sites excluding steroid dienone is 4. The Kier molecular flexibility index (Phi) is 7.02. The summed E-state index contributed by atoms with van der Waals surface area (Å²) in [5, 5.41) is 3.01. The summed E-state index contributed by atoms with van der Waals surface area (Å²) in [7, 11) is 3.27. The van der Waals surface area contributed by atoms with E-state index in [2.05, 4.69) is 10.1 Å². The van der Waals surface area contributed by atoms with E-state index >= 15 is 0 Å². The Morgan fingerprint density at radius 2 is 2.07 bits per heavy atom. The molecule has 0 atom stereocenters. The standard InChI is InChI=1S/C10H17NO2S/c1-8(11-3)5-6-9(2)14-7-10(12)13-4/h5-6,11H,7H2,1-4H3/b8-5+,9-6+. The van der Waals surface area contributed by atoms with E-state index in [9.17, 15) is 4.79 Å². The first-order valence-corrected chi connectivity index (χ1v) is 5.31. The molecule has 0 heterocycles. The quantitative estimate of drug-likeness (QED) is 0.561. The van der Waals surface area contributed by atoms with E-state index in [4.69, 9.17) is 0 Å². The summed E-state index contributed by atoms with van der Waals surface area (Å²) in [5.41, 5.74) is 1.09. The van der Waals surface area contributed by atoms with Gasteiger partial charge in [0.1, 0.15) is 0 Å². The summed E-state index contributed by atoms with van der Waals surface area (Å²) in [4.78, 5) is 11.9. The lowest BCUT2D eigenvalue weighted by molar-refractivity contribution is -0.137. The van der Waals surface area contributed by atoms with Crippen molar-refractivity contribution in [3.05, 3.63) is 22.8 Å². The minimum atomic E-state index is -0.197. The Labute approximate surface area is 89.6 Å². The molecule has 0 unspecified atom stereocenters. The van der Waals surface area contributed by atoms with Gasteiger partial charge in [0, 0.05) is 12.7 Å². The maximum absolute atomic E-state index is 10.8. The molecule has 0 radical (unpaired) electrons. The Morgan fingerprint density at radius 3 is 2.57 bits per heavy atom. The smallest absolute Gasteiger partial charge is 0.315 e. The van der Waals surface area contributed by atoms with Crippen molar-refractivity contribution in [1.29, 1.82) is 0 Å². The molecule has 3 nitrogen and oxygen atoms in total. The van der Waals surface area contributed by atoms with Crippen LogP contribution in [-0.4, -0.2) is 25.9 Å². The molecule has 0 aromatic carbocycles. The number of rotatable bonds is 5. The van der Waals surface area contributed by atoms with Gasteiger partial charge in [-0.25, -0.2) is 0 Å². The van der Waals surface area contributed by atoms with Crippen LogP contribution in [0.2, 0.25) is 0 Å². The lowest BCUT2D eigenvalue weighted by atomic mass is 10.4. The van der Waals surface area contributed by atoms with Crippen LogP contribution in [0.1, 0.15) is 13.8 Å². The fourth-order valence-corrected chi connectivity index (χ4v) is 1.23. The highest BCUT2D eigenvalue weighted by atomic mass is 32.2. The fraction of sp³-hybridized carbons (Fsp3) is 0.500. The molecule has 14 heavy (non-hydrogen) atoms. The molecule has 0 saturated carbocycles. The third-order valence-corrected chi connectivity index (χ3v) is 2.58. The zero-order valence-electron chi connectivity index (χ0n) is 9.09. The molecule has 0 saturated heterocycles. The molecule has 80 valence electrons. The van der Waals surface area contributed by atoms with Crippen LogP contribution in [0.5, 0.6) is 0 Å². The molecule has 0 aromatic rings. The number of hydrogen-bond acceptors (Lipinski definition) is 4. The fourth-order valence-electron chi connectivity index (χ4n) is 0.605. The first-order valence-electron chi connectivity index (χ1n) is 4.32. The number of methoxy groups -OCH3 is 1. The first kappa shape index (κ1) is 13.1. The van der Waals surface area contributed by atoms with E-state index < -0.39 is 0 Å². The highest BCUT2D eigenvalue weighted by Gasteiger charge is 1.99. The number of carbonyl (C=O) groups is 1. The number of ether oxygens (including phenoxy) is 1. The van der Waals surface area contributed by atoms with Gasteiger partial charge in [-0.3, -0.25) is 4.79 Å². The minimum absolute atomic E-state index is 0.197. The van der Waals surface area contributed by atoms with E-state index in [1.165, 1.54) is 18.9 Å². The molecule has 0 aliphatic rings. The molecule has 0 aromatic heterocycles. The van der Waals surface area contributed by atoms with E-state index in [0.29, 0.717) is 5.75 Å². The van der Waals surface area contributed by atoms with E-state index in [0.717, 1.165) is 10.6 Å². The van der Waals surface area contributed by atoms with Gasteiger partial charge < -0.3 is 10.1 Å². The van der Waals surface area contributed by atoms with Gasteiger partial charge >= 0.3 is 5.97 Å². The second kappa shape index (κ2) is 7.50. The molecular formula is C10H17NO2S. The molecule has 0 spiro atoms. The summed E-state index contributed by atoms with van der Waals surface area (Å²) >= 11 is 1.48. The first-order chi connectivity index (χ1) is 6.60. The summed E-state index contributed by atoms with van der Waals surface area (Å²) < 4.78 is 4.53.